The number of benzene rings is 1. The van der Waals surface area contributed by atoms with E-state index in [9.17, 15) is 5.11 Å². The lowest BCUT2D eigenvalue weighted by molar-refractivity contribution is 0.466. The van der Waals surface area contributed by atoms with Gasteiger partial charge in [-0.3, -0.25) is 0 Å². The predicted molar refractivity (Wildman–Crippen MR) is 86.4 cm³/mol. The first-order valence-corrected chi connectivity index (χ1v) is 8.63. The highest BCUT2D eigenvalue weighted by molar-refractivity contribution is 9.11. The molecule has 1 aliphatic rings. The Morgan fingerprint density at radius 2 is 1.79 bits per heavy atom. The van der Waals surface area contributed by atoms with Crippen LogP contribution in [0.1, 0.15) is 44.1 Å². The number of phenolic OH excluding ortho intramolecular Hbond substituents is 1. The Morgan fingerprint density at radius 1 is 1.16 bits per heavy atom. The molecule has 0 amide bonds. The van der Waals surface area contributed by atoms with Crippen molar-refractivity contribution < 1.29 is 5.11 Å². The molecule has 1 aromatic carbocycles. The van der Waals surface area contributed by atoms with Gasteiger partial charge in [0, 0.05) is 6.54 Å². The minimum Gasteiger partial charge on any atom is -0.506 e. The molecule has 1 aliphatic carbocycles. The Morgan fingerprint density at radius 3 is 2.42 bits per heavy atom. The summed E-state index contributed by atoms with van der Waals surface area (Å²) < 4.78 is 1.48. The van der Waals surface area contributed by atoms with Gasteiger partial charge in [-0.1, -0.05) is 25.7 Å². The summed E-state index contributed by atoms with van der Waals surface area (Å²) in [4.78, 5) is 0. The van der Waals surface area contributed by atoms with Crippen LogP contribution in [-0.4, -0.2) is 11.7 Å². The molecule has 19 heavy (non-hydrogen) atoms. The zero-order valence-corrected chi connectivity index (χ0v) is 14.3. The Labute approximate surface area is 132 Å². The van der Waals surface area contributed by atoms with Crippen molar-refractivity contribution in [3.63, 3.8) is 0 Å². The Hall–Kier alpha value is -0.0600. The Kier molecular flexibility index (Phi) is 6.17. The van der Waals surface area contributed by atoms with E-state index in [4.69, 9.17) is 0 Å². The average molecular weight is 391 g/mol. The van der Waals surface area contributed by atoms with E-state index in [-0.39, 0.29) is 5.75 Å². The molecule has 0 heterocycles. The largest absolute Gasteiger partial charge is 0.506 e. The average Bonchev–Trinajstić information content (AvgIpc) is 2.88. The highest BCUT2D eigenvalue weighted by Crippen LogP contribution is 2.33. The highest BCUT2D eigenvalue weighted by atomic mass is 79.9. The summed E-state index contributed by atoms with van der Waals surface area (Å²) >= 11 is 6.71. The molecule has 0 atom stereocenters. The summed E-state index contributed by atoms with van der Waals surface area (Å²) in [5.74, 6) is 1.25. The molecule has 0 unspecified atom stereocenters. The van der Waals surface area contributed by atoms with Gasteiger partial charge in [-0.15, -0.1) is 0 Å². The zero-order valence-electron chi connectivity index (χ0n) is 11.1. The van der Waals surface area contributed by atoms with Crippen LogP contribution in [0.15, 0.2) is 21.1 Å². The summed E-state index contributed by atoms with van der Waals surface area (Å²) in [6.45, 7) is 1.93. The van der Waals surface area contributed by atoms with E-state index in [1.54, 1.807) is 0 Å². The van der Waals surface area contributed by atoms with Crippen LogP contribution >= 0.6 is 31.9 Å². The van der Waals surface area contributed by atoms with E-state index in [2.05, 4.69) is 37.2 Å². The molecular weight excluding hydrogens is 370 g/mol. The lowest BCUT2D eigenvalue weighted by atomic mass is 10.0. The Balaban J connectivity index is 1.67. The molecule has 1 saturated carbocycles. The highest BCUT2D eigenvalue weighted by Gasteiger charge is 2.13. The third-order valence-corrected chi connectivity index (χ3v) is 5.06. The molecule has 2 rings (SSSR count). The van der Waals surface area contributed by atoms with Gasteiger partial charge in [0.05, 0.1) is 8.95 Å². The molecule has 2 N–H and O–H groups in total. The van der Waals surface area contributed by atoms with E-state index >= 15 is 0 Å². The van der Waals surface area contributed by atoms with Gasteiger partial charge < -0.3 is 10.4 Å². The number of hydrogen-bond donors (Lipinski definition) is 2. The molecule has 2 nitrogen and oxygen atoms in total. The summed E-state index contributed by atoms with van der Waals surface area (Å²) in [7, 11) is 0. The molecule has 4 heteroatoms. The van der Waals surface area contributed by atoms with Gasteiger partial charge in [0.15, 0.2) is 0 Å². The summed E-state index contributed by atoms with van der Waals surface area (Å²) in [6.07, 6.45) is 8.40. The van der Waals surface area contributed by atoms with Crippen molar-refractivity contribution >= 4 is 31.9 Å². The van der Waals surface area contributed by atoms with Gasteiger partial charge in [0.25, 0.3) is 0 Å². The molecule has 0 bridgehead atoms. The molecule has 0 aromatic heterocycles. The smallest absolute Gasteiger partial charge is 0.143 e. The second-order valence-corrected chi connectivity index (χ2v) is 7.09. The standard InChI is InChI=1S/C15H21Br2NO/c16-13-8-12(9-14(17)15(13)19)10-18-7-3-6-11-4-1-2-5-11/h8-9,11,18-19H,1-7,10H2. The maximum atomic E-state index is 9.65. The number of rotatable bonds is 6. The molecule has 1 fully saturated rings. The van der Waals surface area contributed by atoms with Crippen molar-refractivity contribution in [1.29, 1.82) is 0 Å². The molecule has 106 valence electrons. The van der Waals surface area contributed by atoms with Gasteiger partial charge in [0.2, 0.25) is 0 Å². The maximum Gasteiger partial charge on any atom is 0.143 e. The van der Waals surface area contributed by atoms with E-state index in [1.807, 2.05) is 12.1 Å². The van der Waals surface area contributed by atoms with E-state index in [1.165, 1.54) is 44.1 Å². The Bertz CT molecular complexity index is 394. The van der Waals surface area contributed by atoms with E-state index in [0.29, 0.717) is 0 Å². The van der Waals surface area contributed by atoms with Crippen molar-refractivity contribution in [2.24, 2.45) is 5.92 Å². The first-order valence-electron chi connectivity index (χ1n) is 7.04. The fourth-order valence-electron chi connectivity index (χ4n) is 2.77. The van der Waals surface area contributed by atoms with Crippen LogP contribution in [0.3, 0.4) is 0 Å². The first kappa shape index (κ1) is 15.3. The fraction of sp³-hybridized carbons (Fsp3) is 0.600. The molecule has 0 aliphatic heterocycles. The fourth-order valence-corrected chi connectivity index (χ4v) is 4.05. The third kappa shape index (κ3) is 4.76. The van der Waals surface area contributed by atoms with Gasteiger partial charge >= 0.3 is 0 Å². The van der Waals surface area contributed by atoms with Crippen molar-refractivity contribution in [3.05, 3.63) is 26.6 Å². The summed E-state index contributed by atoms with van der Waals surface area (Å²) in [5.41, 5.74) is 1.18. The van der Waals surface area contributed by atoms with Gasteiger partial charge in [-0.25, -0.2) is 0 Å². The van der Waals surface area contributed by atoms with Crippen LogP contribution in [-0.2, 0) is 6.54 Å². The van der Waals surface area contributed by atoms with Crippen LogP contribution in [0.4, 0.5) is 0 Å². The van der Waals surface area contributed by atoms with Crippen LogP contribution < -0.4 is 5.32 Å². The SMILES string of the molecule is Oc1c(Br)cc(CNCCCC2CCCC2)cc1Br. The van der Waals surface area contributed by atoms with Crippen molar-refractivity contribution in [3.8, 4) is 5.75 Å². The van der Waals surface area contributed by atoms with Crippen LogP contribution in [0.5, 0.6) is 5.75 Å². The van der Waals surface area contributed by atoms with Crippen molar-refractivity contribution in [2.75, 3.05) is 6.54 Å². The van der Waals surface area contributed by atoms with Crippen molar-refractivity contribution in [2.45, 2.75) is 45.1 Å². The van der Waals surface area contributed by atoms with Crippen LogP contribution in [0.25, 0.3) is 0 Å². The topological polar surface area (TPSA) is 32.3 Å². The second kappa shape index (κ2) is 7.65. The number of halogens is 2. The molecule has 0 spiro atoms. The third-order valence-electron chi connectivity index (χ3n) is 3.85. The quantitative estimate of drug-likeness (QED) is 0.671. The van der Waals surface area contributed by atoms with E-state index in [0.717, 1.165) is 28.0 Å². The monoisotopic (exact) mass is 389 g/mol. The lowest BCUT2D eigenvalue weighted by Gasteiger charge is -2.10. The second-order valence-electron chi connectivity index (χ2n) is 5.38. The number of aromatic hydroxyl groups is 1. The van der Waals surface area contributed by atoms with Gasteiger partial charge in [-0.05, 0) is 74.9 Å². The van der Waals surface area contributed by atoms with Crippen LogP contribution in [0.2, 0.25) is 0 Å². The zero-order chi connectivity index (χ0) is 13.7. The minimum absolute atomic E-state index is 0.269. The van der Waals surface area contributed by atoms with Crippen molar-refractivity contribution in [1.82, 2.24) is 5.32 Å². The predicted octanol–water partition coefficient (Wildman–Crippen LogP) is 4.98. The van der Waals surface area contributed by atoms with E-state index < -0.39 is 0 Å². The number of nitrogens with one attached hydrogen (secondary N) is 1. The summed E-state index contributed by atoms with van der Waals surface area (Å²) in [5, 5.41) is 13.1. The molecular formula is C15H21Br2NO. The van der Waals surface area contributed by atoms with Gasteiger partial charge in [0.1, 0.15) is 5.75 Å². The van der Waals surface area contributed by atoms with Crippen LogP contribution in [0, 0.1) is 5.92 Å². The number of hydrogen-bond acceptors (Lipinski definition) is 2. The molecule has 0 radical (unpaired) electrons. The molecule has 1 aromatic rings. The molecule has 0 saturated heterocycles. The summed E-state index contributed by atoms with van der Waals surface area (Å²) in [6, 6.07) is 3.92. The lowest BCUT2D eigenvalue weighted by Crippen LogP contribution is -2.15. The first-order chi connectivity index (χ1) is 9.16. The normalized spacial score (nSPS) is 16.1. The maximum absolute atomic E-state index is 9.65. The minimum atomic E-state index is 0.269. The number of phenols is 1. The van der Waals surface area contributed by atoms with Gasteiger partial charge in [-0.2, -0.15) is 0 Å².